The molecule has 0 radical (unpaired) electrons. The summed E-state index contributed by atoms with van der Waals surface area (Å²) < 4.78 is 5.44. The molecule has 4 rings (SSSR count). The number of hydrazone groups is 1. The average molecular weight is 391 g/mol. The van der Waals surface area contributed by atoms with E-state index < -0.39 is 0 Å². The number of phenolic OH excluding ortho intramolecular Hbond substituents is 1. The first-order valence-corrected chi connectivity index (χ1v) is 10.3. The van der Waals surface area contributed by atoms with Gasteiger partial charge in [-0.2, -0.15) is 5.10 Å². The van der Waals surface area contributed by atoms with Gasteiger partial charge in [0.2, 0.25) is 0 Å². The average Bonchev–Trinajstić information content (AvgIpc) is 2.76. The molecule has 1 saturated heterocycles. The van der Waals surface area contributed by atoms with Crippen LogP contribution in [0.4, 0.5) is 0 Å². The smallest absolute Gasteiger partial charge is 0.161 e. The van der Waals surface area contributed by atoms with Crippen LogP contribution in [0.2, 0.25) is 0 Å². The van der Waals surface area contributed by atoms with E-state index >= 15 is 0 Å². The second-order valence-electron chi connectivity index (χ2n) is 7.42. The van der Waals surface area contributed by atoms with Gasteiger partial charge in [0.05, 0.1) is 39.0 Å². The minimum atomic E-state index is 0.162. The Morgan fingerprint density at radius 2 is 1.86 bits per heavy atom. The molecule has 0 bridgehead atoms. The lowest BCUT2D eigenvalue weighted by Crippen LogP contribution is -3.13. The van der Waals surface area contributed by atoms with E-state index in [1.54, 1.807) is 11.0 Å². The van der Waals surface area contributed by atoms with Crippen LogP contribution >= 0.6 is 0 Å². The van der Waals surface area contributed by atoms with Gasteiger partial charge in [-0.3, -0.25) is 5.01 Å². The quantitative estimate of drug-likeness (QED) is 0.637. The summed E-state index contributed by atoms with van der Waals surface area (Å²) in [4.78, 5) is 1.59. The van der Waals surface area contributed by atoms with Crippen molar-refractivity contribution < 1.29 is 14.7 Å². The molecule has 1 aliphatic heterocycles. The summed E-state index contributed by atoms with van der Waals surface area (Å²) in [6.07, 6.45) is 1.84. The number of nitrogens with one attached hydrogen (secondary N) is 1. The molecule has 0 spiro atoms. The van der Waals surface area contributed by atoms with Crippen LogP contribution in [-0.4, -0.2) is 49.1 Å². The molecule has 5 nitrogen and oxygen atoms in total. The summed E-state index contributed by atoms with van der Waals surface area (Å²) in [6.45, 7) is 7.49. The predicted molar refractivity (Wildman–Crippen MR) is 117 cm³/mol. The molecule has 29 heavy (non-hydrogen) atoms. The molecule has 3 aromatic rings. The Balaban J connectivity index is 1.35. The van der Waals surface area contributed by atoms with Gasteiger partial charge < -0.3 is 14.7 Å². The van der Waals surface area contributed by atoms with Gasteiger partial charge in [0, 0.05) is 5.56 Å². The molecule has 0 atom stereocenters. The van der Waals surface area contributed by atoms with E-state index in [9.17, 15) is 5.11 Å². The monoisotopic (exact) mass is 390 g/mol. The molecule has 150 valence electrons. The SMILES string of the molecule is CCOc1cc(/C=N/N2CC[NH+](Cc3cccc4ccccc34)CC2)ccc1O. The molecule has 5 heteroatoms. The zero-order chi connectivity index (χ0) is 20.1. The van der Waals surface area contributed by atoms with Crippen LogP contribution in [0.25, 0.3) is 10.8 Å². The molecule has 1 heterocycles. The van der Waals surface area contributed by atoms with E-state index in [-0.39, 0.29) is 5.75 Å². The van der Waals surface area contributed by atoms with Gasteiger partial charge in [-0.25, -0.2) is 0 Å². The highest BCUT2D eigenvalue weighted by Crippen LogP contribution is 2.26. The molecular formula is C24H28N3O2+. The Bertz CT molecular complexity index is 989. The zero-order valence-corrected chi connectivity index (χ0v) is 16.8. The number of benzene rings is 3. The molecule has 0 aromatic heterocycles. The number of hydrogen-bond donors (Lipinski definition) is 2. The number of nitrogens with zero attached hydrogens (tertiary/aromatic N) is 2. The van der Waals surface area contributed by atoms with Gasteiger partial charge in [-0.05, 0) is 41.5 Å². The van der Waals surface area contributed by atoms with Gasteiger partial charge in [0.15, 0.2) is 11.5 Å². The van der Waals surface area contributed by atoms with E-state index in [0.29, 0.717) is 12.4 Å². The maximum atomic E-state index is 9.82. The van der Waals surface area contributed by atoms with Gasteiger partial charge in [0.1, 0.15) is 6.54 Å². The van der Waals surface area contributed by atoms with Crippen molar-refractivity contribution >= 4 is 17.0 Å². The van der Waals surface area contributed by atoms with Gasteiger partial charge in [-0.15, -0.1) is 0 Å². The van der Waals surface area contributed by atoms with Crippen molar-refractivity contribution in [1.82, 2.24) is 5.01 Å². The fourth-order valence-corrected chi connectivity index (χ4v) is 3.85. The third-order valence-electron chi connectivity index (χ3n) is 5.42. The van der Waals surface area contributed by atoms with E-state index in [1.807, 2.05) is 25.3 Å². The summed E-state index contributed by atoms with van der Waals surface area (Å²) in [5, 5.41) is 19.2. The van der Waals surface area contributed by atoms with E-state index in [0.717, 1.165) is 38.3 Å². The number of phenols is 1. The third kappa shape index (κ3) is 4.69. The maximum absolute atomic E-state index is 9.82. The lowest BCUT2D eigenvalue weighted by Gasteiger charge is -2.30. The Morgan fingerprint density at radius 1 is 1.07 bits per heavy atom. The first-order chi connectivity index (χ1) is 14.2. The number of rotatable bonds is 6. The summed E-state index contributed by atoms with van der Waals surface area (Å²) in [7, 11) is 0. The number of aromatic hydroxyl groups is 1. The van der Waals surface area contributed by atoms with Crippen molar-refractivity contribution in [3.63, 3.8) is 0 Å². The Labute approximate surface area is 171 Å². The maximum Gasteiger partial charge on any atom is 0.161 e. The lowest BCUT2D eigenvalue weighted by atomic mass is 10.0. The second-order valence-corrected chi connectivity index (χ2v) is 7.42. The van der Waals surface area contributed by atoms with Crippen LogP contribution in [0.5, 0.6) is 11.5 Å². The molecule has 0 unspecified atom stereocenters. The number of piperazine rings is 1. The minimum absolute atomic E-state index is 0.162. The molecule has 2 N–H and O–H groups in total. The zero-order valence-electron chi connectivity index (χ0n) is 16.8. The number of quaternary nitrogens is 1. The van der Waals surface area contributed by atoms with E-state index in [1.165, 1.54) is 16.3 Å². The second kappa shape index (κ2) is 8.97. The highest BCUT2D eigenvalue weighted by atomic mass is 16.5. The van der Waals surface area contributed by atoms with Gasteiger partial charge in [0.25, 0.3) is 0 Å². The molecular weight excluding hydrogens is 362 g/mol. The van der Waals surface area contributed by atoms with Gasteiger partial charge >= 0.3 is 0 Å². The molecule has 0 amide bonds. The summed E-state index contributed by atoms with van der Waals surface area (Å²) in [5.74, 6) is 0.662. The topological polar surface area (TPSA) is 49.5 Å². The summed E-state index contributed by atoms with van der Waals surface area (Å²) in [6, 6.07) is 20.5. The van der Waals surface area contributed by atoms with Crippen molar-refractivity contribution in [2.24, 2.45) is 5.10 Å². The standard InChI is InChI=1S/C24H27N3O2/c1-2-29-24-16-19(10-11-23(24)28)17-25-27-14-12-26(13-15-27)18-21-8-5-7-20-6-3-4-9-22(20)21/h3-11,16-17,28H,2,12-15,18H2,1H3/p+1/b25-17+. The van der Waals surface area contributed by atoms with Crippen molar-refractivity contribution in [3.05, 3.63) is 71.8 Å². The van der Waals surface area contributed by atoms with Crippen LogP contribution in [0, 0.1) is 0 Å². The fraction of sp³-hybridized carbons (Fsp3) is 0.292. The van der Waals surface area contributed by atoms with Crippen LogP contribution in [-0.2, 0) is 6.54 Å². The first-order valence-electron chi connectivity index (χ1n) is 10.3. The molecule has 1 aliphatic rings. The van der Waals surface area contributed by atoms with Crippen LogP contribution in [0.15, 0.2) is 65.8 Å². The highest BCUT2D eigenvalue weighted by molar-refractivity contribution is 5.85. The third-order valence-corrected chi connectivity index (χ3v) is 5.42. The number of fused-ring (bicyclic) bond motifs is 1. The van der Waals surface area contributed by atoms with Crippen molar-refractivity contribution in [2.75, 3.05) is 32.8 Å². The van der Waals surface area contributed by atoms with Crippen molar-refractivity contribution in [3.8, 4) is 11.5 Å². The van der Waals surface area contributed by atoms with E-state index in [4.69, 9.17) is 4.74 Å². The predicted octanol–water partition coefficient (Wildman–Crippen LogP) is 2.68. The van der Waals surface area contributed by atoms with Crippen LogP contribution in [0.3, 0.4) is 0 Å². The largest absolute Gasteiger partial charge is 0.504 e. The number of hydrogen-bond acceptors (Lipinski definition) is 4. The minimum Gasteiger partial charge on any atom is -0.504 e. The molecule has 3 aromatic carbocycles. The Morgan fingerprint density at radius 3 is 2.69 bits per heavy atom. The van der Waals surface area contributed by atoms with Crippen LogP contribution < -0.4 is 9.64 Å². The first kappa shape index (κ1) is 19.3. The molecule has 0 saturated carbocycles. The fourth-order valence-electron chi connectivity index (χ4n) is 3.85. The lowest BCUT2D eigenvalue weighted by molar-refractivity contribution is -0.918. The van der Waals surface area contributed by atoms with Crippen molar-refractivity contribution in [2.45, 2.75) is 13.5 Å². The normalized spacial score (nSPS) is 15.3. The molecule has 1 fully saturated rings. The highest BCUT2D eigenvalue weighted by Gasteiger charge is 2.19. The van der Waals surface area contributed by atoms with Gasteiger partial charge in [-0.1, -0.05) is 42.5 Å². The van der Waals surface area contributed by atoms with Crippen molar-refractivity contribution in [1.29, 1.82) is 0 Å². The number of ether oxygens (including phenoxy) is 1. The van der Waals surface area contributed by atoms with E-state index in [2.05, 4.69) is 52.6 Å². The Kier molecular flexibility index (Phi) is 5.96. The molecule has 0 aliphatic carbocycles. The van der Waals surface area contributed by atoms with Crippen LogP contribution in [0.1, 0.15) is 18.1 Å². The summed E-state index contributed by atoms with van der Waals surface area (Å²) >= 11 is 0. The Hall–Kier alpha value is -3.05. The summed E-state index contributed by atoms with van der Waals surface area (Å²) in [5.41, 5.74) is 2.35.